The van der Waals surface area contributed by atoms with Crippen LogP contribution in [-0.4, -0.2) is 9.97 Å². The third-order valence-electron chi connectivity index (χ3n) is 2.21. The Morgan fingerprint density at radius 2 is 1.79 bits per heavy atom. The Morgan fingerprint density at radius 1 is 1.16 bits per heavy atom. The number of nitrogen functional groups attached to an aromatic ring is 1. The van der Waals surface area contributed by atoms with Gasteiger partial charge in [-0.3, -0.25) is 0 Å². The van der Waals surface area contributed by atoms with Gasteiger partial charge in [0.1, 0.15) is 0 Å². The Hall–Kier alpha value is -1.83. The molecule has 0 saturated carbocycles. The highest BCUT2D eigenvalue weighted by atomic mass is 79.9. The number of nitrogens with one attached hydrogen (secondary N) is 1. The zero-order chi connectivity index (χ0) is 14.0. The van der Waals surface area contributed by atoms with E-state index in [9.17, 15) is 13.2 Å². The maximum absolute atomic E-state index is 12.6. The molecule has 0 aliphatic rings. The second kappa shape index (κ2) is 5.04. The van der Waals surface area contributed by atoms with E-state index >= 15 is 0 Å². The van der Waals surface area contributed by atoms with Crippen molar-refractivity contribution in [1.82, 2.24) is 9.97 Å². The molecule has 1 aromatic carbocycles. The predicted molar refractivity (Wildman–Crippen MR) is 68.9 cm³/mol. The van der Waals surface area contributed by atoms with E-state index in [1.807, 2.05) is 0 Å². The van der Waals surface area contributed by atoms with Crippen LogP contribution >= 0.6 is 15.9 Å². The average molecular weight is 333 g/mol. The summed E-state index contributed by atoms with van der Waals surface area (Å²) in [5, 5.41) is 2.69. The summed E-state index contributed by atoms with van der Waals surface area (Å²) in [6.07, 6.45) is -1.69. The van der Waals surface area contributed by atoms with E-state index in [2.05, 4.69) is 31.2 Å². The summed E-state index contributed by atoms with van der Waals surface area (Å²) in [5.74, 6) is 0.161. The van der Waals surface area contributed by atoms with Crippen LogP contribution in [0.25, 0.3) is 0 Å². The first-order chi connectivity index (χ1) is 8.86. The van der Waals surface area contributed by atoms with Crippen LogP contribution < -0.4 is 11.1 Å². The molecule has 4 nitrogen and oxygen atoms in total. The fourth-order valence-corrected chi connectivity index (χ4v) is 1.67. The van der Waals surface area contributed by atoms with E-state index in [0.29, 0.717) is 10.2 Å². The highest BCUT2D eigenvalue weighted by Crippen LogP contribution is 2.34. The first-order valence-electron chi connectivity index (χ1n) is 5.07. The summed E-state index contributed by atoms with van der Waals surface area (Å²) in [6, 6.07) is 3.27. The van der Waals surface area contributed by atoms with Crippen molar-refractivity contribution in [2.24, 2.45) is 0 Å². The largest absolute Gasteiger partial charge is 0.416 e. The van der Waals surface area contributed by atoms with Crippen molar-refractivity contribution < 1.29 is 13.2 Å². The van der Waals surface area contributed by atoms with Gasteiger partial charge in [-0.15, -0.1) is 0 Å². The molecule has 0 amide bonds. The number of nitrogens with two attached hydrogens (primary N) is 1. The lowest BCUT2D eigenvalue weighted by atomic mass is 10.2. The van der Waals surface area contributed by atoms with Crippen molar-refractivity contribution >= 4 is 33.3 Å². The smallest absolute Gasteiger partial charge is 0.396 e. The van der Waals surface area contributed by atoms with Crippen LogP contribution in [0, 0.1) is 0 Å². The molecule has 2 rings (SSSR count). The van der Waals surface area contributed by atoms with Gasteiger partial charge in [-0.2, -0.15) is 13.2 Å². The molecule has 0 bridgehead atoms. The number of rotatable bonds is 2. The standard InChI is InChI=1S/C11H8BrF3N4/c12-8-2-1-6(11(13,14)15)3-9(8)19-10-17-4-7(16)5-18-10/h1-5H,16H2,(H,17,18,19). The summed E-state index contributed by atoms with van der Waals surface area (Å²) in [5.41, 5.74) is 5.26. The molecule has 1 aromatic heterocycles. The van der Waals surface area contributed by atoms with Crippen LogP contribution in [0.3, 0.4) is 0 Å². The van der Waals surface area contributed by atoms with Gasteiger partial charge in [-0.1, -0.05) is 0 Å². The number of hydrogen-bond acceptors (Lipinski definition) is 4. The van der Waals surface area contributed by atoms with Crippen molar-refractivity contribution in [3.05, 3.63) is 40.6 Å². The third kappa shape index (κ3) is 3.34. The third-order valence-corrected chi connectivity index (χ3v) is 2.90. The second-order valence-electron chi connectivity index (χ2n) is 3.66. The fraction of sp³-hybridized carbons (Fsp3) is 0.0909. The van der Waals surface area contributed by atoms with Crippen molar-refractivity contribution in [3.63, 3.8) is 0 Å². The maximum atomic E-state index is 12.6. The molecule has 0 atom stereocenters. The lowest BCUT2D eigenvalue weighted by Crippen LogP contribution is -2.06. The molecule has 1 heterocycles. The summed E-state index contributed by atoms with van der Waals surface area (Å²) < 4.78 is 38.3. The molecule has 0 radical (unpaired) electrons. The van der Waals surface area contributed by atoms with Crippen LogP contribution in [0.1, 0.15) is 5.56 Å². The predicted octanol–water partition coefficient (Wildman–Crippen LogP) is 3.58. The van der Waals surface area contributed by atoms with Crippen molar-refractivity contribution in [2.75, 3.05) is 11.1 Å². The highest BCUT2D eigenvalue weighted by Gasteiger charge is 2.30. The minimum absolute atomic E-state index is 0.161. The zero-order valence-corrected chi connectivity index (χ0v) is 11.0. The Kier molecular flexibility index (Phi) is 3.61. The lowest BCUT2D eigenvalue weighted by molar-refractivity contribution is -0.137. The Bertz CT molecular complexity index is 583. The highest BCUT2D eigenvalue weighted by molar-refractivity contribution is 9.10. The monoisotopic (exact) mass is 332 g/mol. The van der Waals surface area contributed by atoms with E-state index in [0.717, 1.165) is 12.1 Å². The van der Waals surface area contributed by atoms with Crippen LogP contribution in [0.15, 0.2) is 35.1 Å². The molecule has 100 valence electrons. The molecule has 2 aromatic rings. The molecule has 19 heavy (non-hydrogen) atoms. The second-order valence-corrected chi connectivity index (χ2v) is 4.51. The topological polar surface area (TPSA) is 63.8 Å². The molecule has 0 fully saturated rings. The number of anilines is 3. The van der Waals surface area contributed by atoms with Crippen molar-refractivity contribution in [1.29, 1.82) is 0 Å². The number of halogens is 4. The molecule has 3 N–H and O–H groups in total. The van der Waals surface area contributed by atoms with Crippen molar-refractivity contribution in [3.8, 4) is 0 Å². The molecule has 0 spiro atoms. The molecule has 0 aliphatic heterocycles. The van der Waals surface area contributed by atoms with Crippen LogP contribution in [0.2, 0.25) is 0 Å². The summed E-state index contributed by atoms with van der Waals surface area (Å²) in [7, 11) is 0. The zero-order valence-electron chi connectivity index (χ0n) is 9.37. The maximum Gasteiger partial charge on any atom is 0.416 e. The Labute approximate surface area is 115 Å². The Morgan fingerprint density at radius 3 is 2.37 bits per heavy atom. The van der Waals surface area contributed by atoms with Crippen LogP contribution in [-0.2, 0) is 6.18 Å². The quantitative estimate of drug-likeness (QED) is 0.882. The first-order valence-corrected chi connectivity index (χ1v) is 5.87. The minimum Gasteiger partial charge on any atom is -0.396 e. The number of hydrogen-bond donors (Lipinski definition) is 2. The molecular formula is C11H8BrF3N4. The van der Waals surface area contributed by atoms with Gasteiger partial charge in [-0.05, 0) is 34.1 Å². The first kappa shape index (κ1) is 13.6. The summed E-state index contributed by atoms with van der Waals surface area (Å²) in [6.45, 7) is 0. The number of alkyl halides is 3. The van der Waals surface area contributed by atoms with E-state index in [1.165, 1.54) is 18.5 Å². The van der Waals surface area contributed by atoms with E-state index in [1.54, 1.807) is 0 Å². The SMILES string of the molecule is Nc1cnc(Nc2cc(C(F)(F)F)ccc2Br)nc1. The van der Waals surface area contributed by atoms with Gasteiger partial charge in [0, 0.05) is 4.47 Å². The summed E-state index contributed by atoms with van der Waals surface area (Å²) in [4.78, 5) is 7.71. The Balaban J connectivity index is 2.31. The van der Waals surface area contributed by atoms with Gasteiger partial charge in [0.05, 0.1) is 29.3 Å². The van der Waals surface area contributed by atoms with Crippen LogP contribution in [0.4, 0.5) is 30.5 Å². The van der Waals surface area contributed by atoms with Gasteiger partial charge in [0.15, 0.2) is 0 Å². The van der Waals surface area contributed by atoms with Gasteiger partial charge in [0.25, 0.3) is 0 Å². The molecular weight excluding hydrogens is 325 g/mol. The van der Waals surface area contributed by atoms with Crippen LogP contribution in [0.5, 0.6) is 0 Å². The average Bonchev–Trinajstić information content (AvgIpc) is 2.33. The molecule has 8 heteroatoms. The fourth-order valence-electron chi connectivity index (χ4n) is 1.32. The van der Waals surface area contributed by atoms with Gasteiger partial charge in [0.2, 0.25) is 5.95 Å². The summed E-state index contributed by atoms with van der Waals surface area (Å²) >= 11 is 3.16. The number of nitrogens with zero attached hydrogens (tertiary/aromatic N) is 2. The molecule has 0 unspecified atom stereocenters. The van der Waals surface area contributed by atoms with Gasteiger partial charge < -0.3 is 11.1 Å². The van der Waals surface area contributed by atoms with Gasteiger partial charge >= 0.3 is 6.18 Å². The minimum atomic E-state index is -4.40. The number of aromatic nitrogens is 2. The van der Waals surface area contributed by atoms with E-state index in [-0.39, 0.29) is 11.6 Å². The molecule has 0 saturated heterocycles. The van der Waals surface area contributed by atoms with Gasteiger partial charge in [-0.25, -0.2) is 9.97 Å². The lowest BCUT2D eigenvalue weighted by Gasteiger charge is -2.11. The van der Waals surface area contributed by atoms with Crippen molar-refractivity contribution in [2.45, 2.75) is 6.18 Å². The van der Waals surface area contributed by atoms with E-state index < -0.39 is 11.7 Å². The van der Waals surface area contributed by atoms with E-state index in [4.69, 9.17) is 5.73 Å². The number of benzene rings is 1. The normalized spacial score (nSPS) is 11.4. The molecule has 0 aliphatic carbocycles.